The van der Waals surface area contributed by atoms with Gasteiger partial charge in [0.05, 0.1) is 12.2 Å². The summed E-state index contributed by atoms with van der Waals surface area (Å²) >= 11 is 13.8. The molecule has 0 radical (unpaired) electrons. The number of anilines is 1. The second-order valence-electron chi connectivity index (χ2n) is 6.90. The lowest BCUT2D eigenvalue weighted by Gasteiger charge is -2.20. The number of carbonyl (C=O) groups is 2. The first-order valence-electron chi connectivity index (χ1n) is 9.69. The Kier molecular flexibility index (Phi) is 7.38. The van der Waals surface area contributed by atoms with E-state index in [1.54, 1.807) is 31.2 Å². The van der Waals surface area contributed by atoms with Gasteiger partial charge >= 0.3 is 5.97 Å². The molecule has 29 heavy (non-hydrogen) atoms. The number of nitrogens with one attached hydrogen (secondary N) is 1. The Morgan fingerprint density at radius 2 is 2.00 bits per heavy atom. The van der Waals surface area contributed by atoms with E-state index in [0.717, 1.165) is 31.2 Å². The summed E-state index contributed by atoms with van der Waals surface area (Å²) in [7, 11) is 0. The fourth-order valence-corrected chi connectivity index (χ4v) is 5.37. The largest absolute Gasteiger partial charge is 0.462 e. The maximum Gasteiger partial charge on any atom is 0.341 e. The summed E-state index contributed by atoms with van der Waals surface area (Å²) in [4.78, 5) is 26.3. The zero-order valence-corrected chi connectivity index (χ0v) is 18.7. The molecule has 7 heteroatoms. The van der Waals surface area contributed by atoms with E-state index in [4.69, 9.17) is 27.9 Å². The number of halogens is 2. The number of benzene rings is 1. The molecule has 1 heterocycles. The minimum Gasteiger partial charge on any atom is -0.462 e. The minimum atomic E-state index is -0.381. The maximum atomic E-state index is 12.6. The molecule has 0 saturated carbocycles. The Hall–Kier alpha value is -1.82. The Labute approximate surface area is 184 Å². The molecule has 3 rings (SSSR count). The van der Waals surface area contributed by atoms with Gasteiger partial charge in [0.1, 0.15) is 5.00 Å². The van der Waals surface area contributed by atoms with E-state index in [2.05, 4.69) is 12.2 Å². The Morgan fingerprint density at radius 1 is 1.28 bits per heavy atom. The molecule has 1 aliphatic carbocycles. The van der Waals surface area contributed by atoms with Crippen LogP contribution in [0.15, 0.2) is 24.3 Å². The van der Waals surface area contributed by atoms with E-state index in [1.165, 1.54) is 22.3 Å². The van der Waals surface area contributed by atoms with Gasteiger partial charge in [-0.3, -0.25) is 4.79 Å². The third-order valence-corrected chi connectivity index (χ3v) is 6.89. The maximum absolute atomic E-state index is 12.6. The predicted molar refractivity (Wildman–Crippen MR) is 120 cm³/mol. The van der Waals surface area contributed by atoms with Gasteiger partial charge in [-0.25, -0.2) is 4.79 Å². The van der Waals surface area contributed by atoms with Gasteiger partial charge in [0.15, 0.2) is 0 Å². The normalized spacial score (nSPS) is 15.9. The molecule has 0 fully saturated rings. The first kappa shape index (κ1) is 21.9. The van der Waals surface area contributed by atoms with Crippen molar-refractivity contribution in [1.82, 2.24) is 0 Å². The van der Waals surface area contributed by atoms with E-state index in [-0.39, 0.29) is 11.9 Å². The van der Waals surface area contributed by atoms with Gasteiger partial charge in [-0.15, -0.1) is 11.3 Å². The number of esters is 1. The van der Waals surface area contributed by atoms with Crippen LogP contribution in [-0.4, -0.2) is 18.5 Å². The lowest BCUT2D eigenvalue weighted by molar-refractivity contribution is -0.111. The molecule has 1 amide bonds. The molecule has 0 bridgehead atoms. The first-order valence-corrected chi connectivity index (χ1v) is 11.3. The number of thiophene rings is 1. The number of carbonyl (C=O) groups excluding carboxylic acids is 2. The molecule has 0 aliphatic heterocycles. The third-order valence-electron chi connectivity index (χ3n) is 5.06. The second-order valence-corrected chi connectivity index (χ2v) is 8.82. The van der Waals surface area contributed by atoms with Crippen molar-refractivity contribution in [3.05, 3.63) is 55.9 Å². The van der Waals surface area contributed by atoms with Crippen LogP contribution < -0.4 is 5.32 Å². The minimum absolute atomic E-state index is 0.291. The van der Waals surface area contributed by atoms with Crippen molar-refractivity contribution in [1.29, 1.82) is 0 Å². The van der Waals surface area contributed by atoms with Gasteiger partial charge < -0.3 is 10.1 Å². The topological polar surface area (TPSA) is 55.4 Å². The smallest absolute Gasteiger partial charge is 0.341 e. The summed E-state index contributed by atoms with van der Waals surface area (Å²) in [6.07, 6.45) is 6.86. The highest BCUT2D eigenvalue weighted by atomic mass is 35.5. The molecule has 0 spiro atoms. The van der Waals surface area contributed by atoms with E-state index in [0.29, 0.717) is 38.7 Å². The van der Waals surface area contributed by atoms with Crippen LogP contribution in [0.2, 0.25) is 10.0 Å². The van der Waals surface area contributed by atoms with Crippen LogP contribution in [0.3, 0.4) is 0 Å². The van der Waals surface area contributed by atoms with E-state index in [1.807, 2.05) is 0 Å². The van der Waals surface area contributed by atoms with Crippen LogP contribution in [0, 0.1) is 5.92 Å². The molecule has 1 N–H and O–H groups in total. The zero-order chi connectivity index (χ0) is 21.0. The van der Waals surface area contributed by atoms with Crippen molar-refractivity contribution >= 4 is 57.5 Å². The van der Waals surface area contributed by atoms with Gasteiger partial charge in [0.2, 0.25) is 5.91 Å². The summed E-state index contributed by atoms with van der Waals surface area (Å²) in [6, 6.07) is 5.16. The molecular weight excluding hydrogens is 429 g/mol. The van der Waals surface area contributed by atoms with Crippen molar-refractivity contribution in [2.45, 2.75) is 39.5 Å². The number of hydrogen-bond acceptors (Lipinski definition) is 4. The van der Waals surface area contributed by atoms with Crippen molar-refractivity contribution in [3.8, 4) is 0 Å². The van der Waals surface area contributed by atoms with Gasteiger partial charge in [0.25, 0.3) is 0 Å². The van der Waals surface area contributed by atoms with E-state index < -0.39 is 0 Å². The molecule has 1 aromatic heterocycles. The second kappa shape index (κ2) is 9.79. The summed E-state index contributed by atoms with van der Waals surface area (Å²) in [6.45, 7) is 4.25. The fourth-order valence-electron chi connectivity index (χ4n) is 3.49. The SMILES string of the molecule is CCOC(=O)c1c(NC(=O)C=Cc2c(Cl)cccc2Cl)sc2c1CCC(CC)C2. The van der Waals surface area contributed by atoms with Gasteiger partial charge in [-0.2, -0.15) is 0 Å². The van der Waals surface area contributed by atoms with Crippen molar-refractivity contribution < 1.29 is 14.3 Å². The highest BCUT2D eigenvalue weighted by Gasteiger charge is 2.29. The zero-order valence-electron chi connectivity index (χ0n) is 16.4. The van der Waals surface area contributed by atoms with Gasteiger partial charge in [-0.1, -0.05) is 42.6 Å². The van der Waals surface area contributed by atoms with Crippen LogP contribution in [0.5, 0.6) is 0 Å². The molecular formula is C22H23Cl2NO3S. The van der Waals surface area contributed by atoms with Crippen LogP contribution in [-0.2, 0) is 22.4 Å². The van der Waals surface area contributed by atoms with Crippen LogP contribution >= 0.6 is 34.5 Å². The fraction of sp³-hybridized carbons (Fsp3) is 0.364. The predicted octanol–water partition coefficient (Wildman–Crippen LogP) is 6.40. The standard InChI is InChI=1S/C22H23Cl2NO3S/c1-3-13-8-9-15-18(12-13)29-21(20(15)22(27)28-4-2)25-19(26)11-10-14-16(23)6-5-7-17(14)24/h5-7,10-11,13H,3-4,8-9,12H2,1-2H3,(H,25,26). The molecule has 154 valence electrons. The van der Waals surface area contributed by atoms with Gasteiger partial charge in [0, 0.05) is 26.6 Å². The number of hydrogen-bond donors (Lipinski definition) is 1. The molecule has 1 atom stereocenters. The summed E-state index contributed by atoms with van der Waals surface area (Å²) in [5.41, 5.74) is 2.10. The average Bonchev–Trinajstić information content (AvgIpc) is 3.04. The number of ether oxygens (including phenoxy) is 1. The number of rotatable bonds is 6. The van der Waals surface area contributed by atoms with Crippen LogP contribution in [0.4, 0.5) is 5.00 Å². The monoisotopic (exact) mass is 451 g/mol. The summed E-state index contributed by atoms with van der Waals surface area (Å²) < 4.78 is 5.25. The van der Waals surface area contributed by atoms with Crippen molar-refractivity contribution in [3.63, 3.8) is 0 Å². The lowest BCUT2D eigenvalue weighted by atomic mass is 9.85. The Bertz CT molecular complexity index is 932. The molecule has 2 aromatic rings. The highest BCUT2D eigenvalue weighted by Crippen LogP contribution is 2.40. The summed E-state index contributed by atoms with van der Waals surface area (Å²) in [5.74, 6) is -0.118. The highest BCUT2D eigenvalue weighted by molar-refractivity contribution is 7.17. The van der Waals surface area contributed by atoms with E-state index >= 15 is 0 Å². The van der Waals surface area contributed by atoms with Crippen LogP contribution in [0.1, 0.15) is 53.1 Å². The first-order chi connectivity index (χ1) is 13.9. The molecule has 1 aromatic carbocycles. The molecule has 1 aliphatic rings. The number of fused-ring (bicyclic) bond motifs is 1. The Balaban J connectivity index is 1.86. The Morgan fingerprint density at radius 3 is 2.66 bits per heavy atom. The number of amides is 1. The molecule has 1 unspecified atom stereocenters. The summed E-state index contributed by atoms with van der Waals surface area (Å²) in [5, 5.41) is 4.33. The van der Waals surface area contributed by atoms with E-state index in [9.17, 15) is 9.59 Å². The van der Waals surface area contributed by atoms with Crippen molar-refractivity contribution in [2.24, 2.45) is 5.92 Å². The molecule has 4 nitrogen and oxygen atoms in total. The van der Waals surface area contributed by atoms with Gasteiger partial charge in [-0.05, 0) is 55.9 Å². The van der Waals surface area contributed by atoms with Crippen LogP contribution in [0.25, 0.3) is 6.08 Å². The third kappa shape index (κ3) is 5.03. The quantitative estimate of drug-likeness (QED) is 0.408. The van der Waals surface area contributed by atoms with Crippen molar-refractivity contribution in [2.75, 3.05) is 11.9 Å². The lowest BCUT2D eigenvalue weighted by Crippen LogP contribution is -2.16. The average molecular weight is 452 g/mol. The molecule has 0 saturated heterocycles.